The number of nitrogens with one attached hydrogen (secondary N) is 1. The molecule has 1 aliphatic carbocycles. The van der Waals surface area contributed by atoms with Gasteiger partial charge in [0.2, 0.25) is 0 Å². The van der Waals surface area contributed by atoms with Gasteiger partial charge in [0.05, 0.1) is 11.0 Å². The Balaban J connectivity index is 1.58. The summed E-state index contributed by atoms with van der Waals surface area (Å²) in [7, 11) is 0. The first-order valence-corrected chi connectivity index (χ1v) is 7.14. The number of hydrogen-bond acceptors (Lipinski definition) is 5. The quantitative estimate of drug-likeness (QED) is 0.793. The smallest absolute Gasteiger partial charge is 0.159 e. The van der Waals surface area contributed by atoms with Crippen molar-refractivity contribution in [1.29, 1.82) is 0 Å². The second-order valence-electron chi connectivity index (χ2n) is 5.33. The van der Waals surface area contributed by atoms with Gasteiger partial charge in [-0.2, -0.15) is 0 Å². The fourth-order valence-corrected chi connectivity index (χ4v) is 2.25. The Kier molecular flexibility index (Phi) is 3.05. The summed E-state index contributed by atoms with van der Waals surface area (Å²) in [4.78, 5) is 17.5. The van der Waals surface area contributed by atoms with Crippen LogP contribution in [0.4, 0.5) is 0 Å². The lowest BCUT2D eigenvalue weighted by molar-refractivity contribution is 0.683. The minimum Gasteiger partial charge on any atom is -0.310 e. The SMILES string of the molecule is c1cnc2cc(-c3ncc(CNC4CC4)cn3)ccc2n1. The normalized spacial score (nSPS) is 14.5. The van der Waals surface area contributed by atoms with Gasteiger partial charge < -0.3 is 5.32 Å². The maximum atomic E-state index is 4.45. The molecular weight excluding hydrogens is 262 g/mol. The summed E-state index contributed by atoms with van der Waals surface area (Å²) in [6.45, 7) is 0.841. The summed E-state index contributed by atoms with van der Waals surface area (Å²) < 4.78 is 0. The van der Waals surface area contributed by atoms with Crippen LogP contribution >= 0.6 is 0 Å². The van der Waals surface area contributed by atoms with E-state index in [1.165, 1.54) is 12.8 Å². The Labute approximate surface area is 122 Å². The predicted molar refractivity (Wildman–Crippen MR) is 80.4 cm³/mol. The van der Waals surface area contributed by atoms with E-state index in [4.69, 9.17) is 0 Å². The van der Waals surface area contributed by atoms with Crippen LogP contribution in [0, 0.1) is 0 Å². The molecule has 0 spiro atoms. The molecule has 1 N–H and O–H groups in total. The summed E-state index contributed by atoms with van der Waals surface area (Å²) in [6, 6.07) is 6.60. The molecule has 0 unspecified atom stereocenters. The molecule has 2 aromatic heterocycles. The summed E-state index contributed by atoms with van der Waals surface area (Å²) in [5.74, 6) is 0.720. The molecule has 4 rings (SSSR count). The molecular formula is C16H15N5. The van der Waals surface area contributed by atoms with Crippen LogP contribution in [0.25, 0.3) is 22.4 Å². The molecule has 0 amide bonds. The standard InChI is InChI=1S/C16H15N5/c1-4-14-15(18-6-5-17-14)7-12(1)16-20-9-11(10-21-16)8-19-13-2-3-13/h1,4-7,9-10,13,19H,2-3,8H2. The summed E-state index contributed by atoms with van der Waals surface area (Å²) in [5.41, 5.74) is 3.82. The van der Waals surface area contributed by atoms with Crippen molar-refractivity contribution in [2.24, 2.45) is 0 Å². The molecule has 1 aliphatic rings. The molecule has 21 heavy (non-hydrogen) atoms. The van der Waals surface area contributed by atoms with Crippen LogP contribution < -0.4 is 5.32 Å². The van der Waals surface area contributed by atoms with E-state index in [-0.39, 0.29) is 0 Å². The third-order valence-corrected chi connectivity index (χ3v) is 3.61. The zero-order chi connectivity index (χ0) is 14.1. The highest BCUT2D eigenvalue weighted by atomic mass is 15.0. The topological polar surface area (TPSA) is 63.6 Å². The van der Waals surface area contributed by atoms with Gasteiger partial charge in [0.15, 0.2) is 5.82 Å². The Morgan fingerprint density at radius 1 is 0.952 bits per heavy atom. The number of aromatic nitrogens is 4. The van der Waals surface area contributed by atoms with Crippen LogP contribution in [0.3, 0.4) is 0 Å². The summed E-state index contributed by atoms with van der Waals surface area (Å²) >= 11 is 0. The number of benzene rings is 1. The molecule has 1 aromatic carbocycles. The third-order valence-electron chi connectivity index (χ3n) is 3.61. The Morgan fingerprint density at radius 2 is 1.71 bits per heavy atom. The molecule has 0 radical (unpaired) electrons. The van der Waals surface area contributed by atoms with E-state index in [0.29, 0.717) is 6.04 Å². The van der Waals surface area contributed by atoms with E-state index >= 15 is 0 Å². The van der Waals surface area contributed by atoms with Crippen LogP contribution in [0.1, 0.15) is 18.4 Å². The number of rotatable bonds is 4. The van der Waals surface area contributed by atoms with Crippen LogP contribution in [0.5, 0.6) is 0 Å². The van der Waals surface area contributed by atoms with E-state index in [1.807, 2.05) is 30.6 Å². The molecule has 0 bridgehead atoms. The van der Waals surface area contributed by atoms with Gasteiger partial charge in [-0.05, 0) is 31.0 Å². The predicted octanol–water partition coefficient (Wildman–Crippen LogP) is 2.34. The molecule has 5 nitrogen and oxygen atoms in total. The maximum absolute atomic E-state index is 4.45. The fourth-order valence-electron chi connectivity index (χ4n) is 2.25. The number of hydrogen-bond donors (Lipinski definition) is 1. The molecule has 3 aromatic rings. The van der Waals surface area contributed by atoms with Crippen LogP contribution in [0.15, 0.2) is 43.0 Å². The maximum Gasteiger partial charge on any atom is 0.159 e. The fraction of sp³-hybridized carbons (Fsp3) is 0.250. The number of fused-ring (bicyclic) bond motifs is 1. The second-order valence-corrected chi connectivity index (χ2v) is 5.33. The first-order valence-electron chi connectivity index (χ1n) is 7.14. The van der Waals surface area contributed by atoms with Crippen molar-refractivity contribution in [3.8, 4) is 11.4 Å². The zero-order valence-electron chi connectivity index (χ0n) is 11.5. The third kappa shape index (κ3) is 2.73. The van der Waals surface area contributed by atoms with E-state index in [2.05, 4.69) is 25.3 Å². The lowest BCUT2D eigenvalue weighted by Crippen LogP contribution is -2.15. The lowest BCUT2D eigenvalue weighted by Gasteiger charge is -2.04. The van der Waals surface area contributed by atoms with Crippen molar-refractivity contribution in [3.63, 3.8) is 0 Å². The monoisotopic (exact) mass is 277 g/mol. The molecule has 2 heterocycles. The van der Waals surface area contributed by atoms with Crippen LogP contribution in [-0.4, -0.2) is 26.0 Å². The van der Waals surface area contributed by atoms with Crippen molar-refractivity contribution in [3.05, 3.63) is 48.5 Å². The van der Waals surface area contributed by atoms with E-state index in [0.717, 1.165) is 34.5 Å². The van der Waals surface area contributed by atoms with Crippen molar-refractivity contribution in [1.82, 2.24) is 25.3 Å². The second kappa shape index (κ2) is 5.18. The molecule has 104 valence electrons. The lowest BCUT2D eigenvalue weighted by atomic mass is 10.2. The Hall–Kier alpha value is -2.40. The van der Waals surface area contributed by atoms with Gasteiger partial charge in [-0.25, -0.2) is 9.97 Å². The zero-order valence-corrected chi connectivity index (χ0v) is 11.5. The highest BCUT2D eigenvalue weighted by Crippen LogP contribution is 2.20. The Morgan fingerprint density at radius 3 is 2.48 bits per heavy atom. The van der Waals surface area contributed by atoms with Crippen LogP contribution in [-0.2, 0) is 6.54 Å². The highest BCUT2D eigenvalue weighted by Gasteiger charge is 2.19. The Bertz CT molecular complexity index is 765. The van der Waals surface area contributed by atoms with E-state index in [9.17, 15) is 0 Å². The largest absolute Gasteiger partial charge is 0.310 e. The highest BCUT2D eigenvalue weighted by molar-refractivity contribution is 5.79. The summed E-state index contributed by atoms with van der Waals surface area (Å²) in [5, 5.41) is 3.46. The van der Waals surface area contributed by atoms with Gasteiger partial charge in [-0.15, -0.1) is 0 Å². The average Bonchev–Trinajstić information content (AvgIpc) is 3.37. The molecule has 5 heteroatoms. The average molecular weight is 277 g/mol. The minimum atomic E-state index is 0.698. The van der Waals surface area contributed by atoms with Gasteiger partial charge in [-0.1, -0.05) is 0 Å². The van der Waals surface area contributed by atoms with E-state index in [1.54, 1.807) is 12.4 Å². The van der Waals surface area contributed by atoms with Crippen molar-refractivity contribution >= 4 is 11.0 Å². The molecule has 0 atom stereocenters. The van der Waals surface area contributed by atoms with Gasteiger partial charge >= 0.3 is 0 Å². The van der Waals surface area contributed by atoms with Gasteiger partial charge in [-0.3, -0.25) is 9.97 Å². The number of nitrogens with zero attached hydrogens (tertiary/aromatic N) is 4. The molecule has 0 saturated heterocycles. The van der Waals surface area contributed by atoms with Crippen molar-refractivity contribution in [2.75, 3.05) is 0 Å². The summed E-state index contributed by atoms with van der Waals surface area (Å²) in [6.07, 6.45) is 9.74. The molecule has 1 saturated carbocycles. The van der Waals surface area contributed by atoms with Crippen molar-refractivity contribution < 1.29 is 0 Å². The van der Waals surface area contributed by atoms with Gasteiger partial charge in [0.25, 0.3) is 0 Å². The first kappa shape index (κ1) is 12.3. The first-order chi connectivity index (χ1) is 10.4. The van der Waals surface area contributed by atoms with Crippen molar-refractivity contribution in [2.45, 2.75) is 25.4 Å². The molecule has 0 aliphatic heterocycles. The molecule has 1 fully saturated rings. The van der Waals surface area contributed by atoms with E-state index < -0.39 is 0 Å². The van der Waals surface area contributed by atoms with Gasteiger partial charge in [0, 0.05) is 48.5 Å². The van der Waals surface area contributed by atoms with Gasteiger partial charge in [0.1, 0.15) is 0 Å². The van der Waals surface area contributed by atoms with Crippen LogP contribution in [0.2, 0.25) is 0 Å². The minimum absolute atomic E-state index is 0.698.